The van der Waals surface area contributed by atoms with E-state index in [2.05, 4.69) is 20.9 Å². The number of benzene rings is 1. The minimum Gasteiger partial charge on any atom is -0.378 e. The number of ether oxygens (including phenoxy) is 1. The van der Waals surface area contributed by atoms with Crippen LogP contribution in [0.1, 0.15) is 64.9 Å². The van der Waals surface area contributed by atoms with Gasteiger partial charge in [0.1, 0.15) is 6.04 Å². The van der Waals surface area contributed by atoms with Crippen LogP contribution < -0.4 is 10.6 Å². The molecule has 11 nitrogen and oxygen atoms in total. The van der Waals surface area contributed by atoms with E-state index >= 15 is 0 Å². The first-order valence-corrected chi connectivity index (χ1v) is 12.0. The topological polar surface area (TPSA) is 136 Å². The third-order valence-electron chi connectivity index (χ3n) is 7.84. The Morgan fingerprint density at radius 1 is 1.23 bits per heavy atom. The standard InChI is InChI=1S/C24H26N6O5/c31-20-6-5-18(22(33)26-20)29-11-14-10-15(3-4-16(14)23(29)34)30-12-17(27-28-30)21(32)25-13-24-7-1-2-19(24)35-9-8-24/h3-4,10,12,18-19H,1-2,5-9,11,13H2,(H,25,32)(H,26,31,33)/t18?,19-,24-/m1/s1. The van der Waals surface area contributed by atoms with Gasteiger partial charge >= 0.3 is 0 Å². The Hall–Kier alpha value is -3.60. The van der Waals surface area contributed by atoms with Crippen LogP contribution >= 0.6 is 0 Å². The summed E-state index contributed by atoms with van der Waals surface area (Å²) in [6.07, 6.45) is 6.52. The lowest BCUT2D eigenvalue weighted by Gasteiger charge is -2.29. The number of carbonyl (C=O) groups excluding carboxylic acids is 4. The van der Waals surface area contributed by atoms with Crippen LogP contribution in [0.25, 0.3) is 5.69 Å². The predicted octanol–water partition coefficient (Wildman–Crippen LogP) is 0.717. The van der Waals surface area contributed by atoms with Crippen molar-refractivity contribution in [2.75, 3.05) is 13.2 Å². The van der Waals surface area contributed by atoms with Crippen molar-refractivity contribution in [1.29, 1.82) is 0 Å². The van der Waals surface area contributed by atoms with E-state index < -0.39 is 11.9 Å². The summed E-state index contributed by atoms with van der Waals surface area (Å²) in [6.45, 7) is 1.58. The molecular weight excluding hydrogens is 452 g/mol. The van der Waals surface area contributed by atoms with Crippen molar-refractivity contribution < 1.29 is 23.9 Å². The number of fused-ring (bicyclic) bond motifs is 2. The second-order valence-corrected chi connectivity index (χ2v) is 9.84. The molecule has 2 N–H and O–H groups in total. The van der Waals surface area contributed by atoms with Gasteiger partial charge in [-0.25, -0.2) is 4.68 Å². The van der Waals surface area contributed by atoms with Crippen molar-refractivity contribution in [2.24, 2.45) is 5.41 Å². The molecule has 182 valence electrons. The molecule has 6 rings (SSSR count). The number of carbonyl (C=O) groups is 4. The van der Waals surface area contributed by atoms with Gasteiger partial charge in [0.15, 0.2) is 5.69 Å². The fourth-order valence-corrected chi connectivity index (χ4v) is 5.89. The van der Waals surface area contributed by atoms with E-state index in [0.717, 1.165) is 37.9 Å². The zero-order valence-electron chi connectivity index (χ0n) is 19.2. The Bertz CT molecular complexity index is 1230. The average molecular weight is 479 g/mol. The molecule has 1 saturated carbocycles. The average Bonchev–Trinajstić information content (AvgIpc) is 3.61. The van der Waals surface area contributed by atoms with Crippen LogP contribution in [0, 0.1) is 5.41 Å². The van der Waals surface area contributed by atoms with E-state index in [1.54, 1.807) is 18.3 Å². The molecule has 1 aromatic carbocycles. The SMILES string of the molecule is O=C1CCC(N2Cc3cc(-n4cc(C(=O)NC[C@]56CCC[C@H]5OCC6)nn4)ccc3C2=O)C(=O)N1. The summed E-state index contributed by atoms with van der Waals surface area (Å²) in [7, 11) is 0. The van der Waals surface area contributed by atoms with Gasteiger partial charge in [-0.1, -0.05) is 11.6 Å². The van der Waals surface area contributed by atoms with Gasteiger partial charge in [0.05, 0.1) is 18.0 Å². The molecule has 11 heteroatoms. The maximum Gasteiger partial charge on any atom is 0.273 e. The van der Waals surface area contributed by atoms with Crippen LogP contribution in [0.5, 0.6) is 0 Å². The Morgan fingerprint density at radius 2 is 2.11 bits per heavy atom. The van der Waals surface area contributed by atoms with E-state index in [1.165, 1.54) is 9.58 Å². The molecule has 4 aliphatic rings. The molecule has 3 atom stereocenters. The zero-order valence-corrected chi connectivity index (χ0v) is 19.2. The van der Waals surface area contributed by atoms with Gasteiger partial charge in [-0.3, -0.25) is 24.5 Å². The molecule has 1 unspecified atom stereocenters. The van der Waals surface area contributed by atoms with E-state index in [1.807, 2.05) is 6.07 Å². The van der Waals surface area contributed by atoms with Gasteiger partial charge in [-0.05, 0) is 49.4 Å². The summed E-state index contributed by atoms with van der Waals surface area (Å²) in [6, 6.07) is 4.58. The van der Waals surface area contributed by atoms with Gasteiger partial charge in [0.25, 0.3) is 11.8 Å². The zero-order chi connectivity index (χ0) is 24.2. The number of nitrogens with zero attached hydrogens (tertiary/aromatic N) is 4. The molecule has 0 spiro atoms. The number of hydrogen-bond acceptors (Lipinski definition) is 7. The van der Waals surface area contributed by atoms with Crippen molar-refractivity contribution in [3.05, 3.63) is 41.2 Å². The first kappa shape index (κ1) is 21.9. The summed E-state index contributed by atoms with van der Waals surface area (Å²) in [5.41, 5.74) is 2.18. The molecule has 1 aromatic heterocycles. The first-order valence-electron chi connectivity index (χ1n) is 12.0. The molecule has 4 amide bonds. The third kappa shape index (κ3) is 3.70. The van der Waals surface area contributed by atoms with Crippen molar-refractivity contribution in [2.45, 2.75) is 57.2 Å². The second kappa shape index (κ2) is 8.26. The maximum atomic E-state index is 12.9. The minimum absolute atomic E-state index is 0.0343. The highest BCUT2D eigenvalue weighted by atomic mass is 16.5. The van der Waals surface area contributed by atoms with Crippen LogP contribution in [-0.4, -0.2) is 68.8 Å². The van der Waals surface area contributed by atoms with Crippen molar-refractivity contribution in [1.82, 2.24) is 30.5 Å². The molecule has 2 saturated heterocycles. The Morgan fingerprint density at radius 3 is 2.97 bits per heavy atom. The summed E-state index contributed by atoms with van der Waals surface area (Å²) in [5.74, 6) is -1.27. The van der Waals surface area contributed by atoms with Gasteiger partial charge in [0, 0.05) is 37.1 Å². The Kier molecular flexibility index (Phi) is 5.17. The molecule has 2 aromatic rings. The molecular formula is C24H26N6O5. The first-order chi connectivity index (χ1) is 16.9. The van der Waals surface area contributed by atoms with Crippen LogP contribution in [0.15, 0.2) is 24.4 Å². The lowest BCUT2D eigenvalue weighted by Crippen LogP contribution is -2.52. The molecule has 0 radical (unpaired) electrons. The van der Waals surface area contributed by atoms with Gasteiger partial charge in [-0.2, -0.15) is 0 Å². The van der Waals surface area contributed by atoms with E-state index in [4.69, 9.17) is 4.74 Å². The highest BCUT2D eigenvalue weighted by Crippen LogP contribution is 2.46. The van der Waals surface area contributed by atoms with E-state index in [-0.39, 0.29) is 47.9 Å². The quantitative estimate of drug-likeness (QED) is 0.605. The fourth-order valence-electron chi connectivity index (χ4n) is 5.89. The van der Waals surface area contributed by atoms with Gasteiger partial charge in [0.2, 0.25) is 11.8 Å². The van der Waals surface area contributed by atoms with E-state index in [0.29, 0.717) is 24.2 Å². The summed E-state index contributed by atoms with van der Waals surface area (Å²) >= 11 is 0. The monoisotopic (exact) mass is 478 g/mol. The van der Waals surface area contributed by atoms with Crippen LogP contribution in [0.4, 0.5) is 0 Å². The van der Waals surface area contributed by atoms with E-state index in [9.17, 15) is 19.2 Å². The third-order valence-corrected chi connectivity index (χ3v) is 7.84. The summed E-state index contributed by atoms with van der Waals surface area (Å²) < 4.78 is 7.34. The molecule has 3 aliphatic heterocycles. The smallest absolute Gasteiger partial charge is 0.273 e. The van der Waals surface area contributed by atoms with Crippen molar-refractivity contribution in [3.63, 3.8) is 0 Å². The van der Waals surface area contributed by atoms with Gasteiger partial charge < -0.3 is 15.0 Å². The summed E-state index contributed by atoms with van der Waals surface area (Å²) in [5, 5.41) is 13.5. The molecule has 3 fully saturated rings. The maximum absolute atomic E-state index is 12.9. The number of imide groups is 1. The molecule has 35 heavy (non-hydrogen) atoms. The molecule has 0 bridgehead atoms. The number of piperidine rings is 1. The van der Waals surface area contributed by atoms with Crippen molar-refractivity contribution >= 4 is 23.6 Å². The lowest BCUT2D eigenvalue weighted by molar-refractivity contribution is -0.136. The van der Waals surface area contributed by atoms with Crippen LogP contribution in [0.2, 0.25) is 0 Å². The lowest BCUT2D eigenvalue weighted by atomic mass is 9.83. The Balaban J connectivity index is 1.15. The number of aromatic nitrogens is 3. The van der Waals surface area contributed by atoms with Crippen LogP contribution in [0.3, 0.4) is 0 Å². The largest absolute Gasteiger partial charge is 0.378 e. The second-order valence-electron chi connectivity index (χ2n) is 9.84. The molecule has 1 aliphatic carbocycles. The summed E-state index contributed by atoms with van der Waals surface area (Å²) in [4.78, 5) is 50.8. The predicted molar refractivity (Wildman–Crippen MR) is 120 cm³/mol. The highest BCUT2D eigenvalue weighted by Gasteiger charge is 2.47. The molecule has 4 heterocycles. The highest BCUT2D eigenvalue weighted by molar-refractivity contribution is 6.05. The number of rotatable bonds is 5. The number of amides is 4. The Labute approximate surface area is 201 Å². The number of hydrogen-bond donors (Lipinski definition) is 2. The minimum atomic E-state index is -0.665. The van der Waals surface area contributed by atoms with Gasteiger partial charge in [-0.15, -0.1) is 5.10 Å². The fraction of sp³-hybridized carbons (Fsp3) is 0.500. The van der Waals surface area contributed by atoms with Crippen molar-refractivity contribution in [3.8, 4) is 5.69 Å². The van der Waals surface area contributed by atoms with Crippen LogP contribution in [-0.2, 0) is 20.9 Å². The normalized spacial score (nSPS) is 27.7. The number of nitrogens with one attached hydrogen (secondary N) is 2.